The van der Waals surface area contributed by atoms with Crippen molar-refractivity contribution < 1.29 is 24.0 Å². The summed E-state index contributed by atoms with van der Waals surface area (Å²) in [5, 5.41) is 14.4. The Labute approximate surface area is 136 Å². The van der Waals surface area contributed by atoms with Crippen molar-refractivity contribution in [3.05, 3.63) is 62.5 Å². The van der Waals surface area contributed by atoms with Crippen LogP contribution in [0.3, 0.4) is 0 Å². The molecule has 0 saturated carbocycles. The normalized spacial score (nSPS) is 19.6. The highest BCUT2D eigenvalue weighted by Gasteiger charge is 2.43. The maximum absolute atomic E-state index is 12.3. The summed E-state index contributed by atoms with van der Waals surface area (Å²) >= 11 is 0. The molecule has 1 aromatic carbocycles. The van der Waals surface area contributed by atoms with Crippen molar-refractivity contribution in [2.45, 2.75) is 12.8 Å². The van der Waals surface area contributed by atoms with E-state index in [1.54, 1.807) is 13.0 Å². The average molecular weight is 330 g/mol. The predicted octanol–water partition coefficient (Wildman–Crippen LogP) is 1.54. The molecule has 0 spiro atoms. The molecule has 24 heavy (non-hydrogen) atoms. The maximum atomic E-state index is 12.3. The Hall–Kier alpha value is -3.16. The lowest BCUT2D eigenvalue weighted by atomic mass is 9.80. The smallest absolute Gasteiger partial charge is 0.337 e. The van der Waals surface area contributed by atoms with Gasteiger partial charge in [-0.3, -0.25) is 10.1 Å². The number of carbonyl (C=O) groups excluding carboxylic acids is 2. The Morgan fingerprint density at radius 1 is 1.42 bits per heavy atom. The van der Waals surface area contributed by atoms with Crippen molar-refractivity contribution in [3.63, 3.8) is 0 Å². The number of hydrogen-bond acceptors (Lipinski definition) is 7. The number of allylic oxidation sites excluding steroid dienone is 1. The minimum absolute atomic E-state index is 0.0388. The fourth-order valence-corrected chi connectivity index (χ4v) is 3.06. The van der Waals surface area contributed by atoms with Crippen LogP contribution < -0.4 is 5.32 Å². The molecule has 0 fully saturated rings. The molecule has 0 aliphatic carbocycles. The minimum Gasteiger partial charge on any atom is -0.466 e. The second kappa shape index (κ2) is 5.80. The zero-order chi connectivity index (χ0) is 17.4. The van der Waals surface area contributed by atoms with E-state index in [0.29, 0.717) is 11.4 Å². The highest BCUT2D eigenvalue weighted by Crippen LogP contribution is 2.44. The quantitative estimate of drug-likeness (QED) is 0.509. The average Bonchev–Trinajstić information content (AvgIpc) is 2.93. The minimum atomic E-state index is -0.912. The second-order valence-corrected chi connectivity index (χ2v) is 5.37. The number of carbonyl (C=O) groups is 2. The van der Waals surface area contributed by atoms with Gasteiger partial charge in [0.05, 0.1) is 34.8 Å². The number of nitro benzene ring substituents is 1. The van der Waals surface area contributed by atoms with Crippen molar-refractivity contribution in [2.75, 3.05) is 13.7 Å². The standard InChI is InChI=1S/C16H14N2O6/c1-8-12(15(19)23-2)13(14-10(17-8)7-24-16(14)20)9-5-3-4-6-11(9)18(21)22/h3-6,13,17H,7H2,1-2H3. The molecule has 1 atom stereocenters. The third-order valence-corrected chi connectivity index (χ3v) is 4.06. The van der Waals surface area contributed by atoms with Crippen LogP contribution in [0.4, 0.5) is 5.69 Å². The molecule has 2 heterocycles. The highest BCUT2D eigenvalue weighted by molar-refractivity contribution is 6.01. The molecule has 124 valence electrons. The number of nitrogens with one attached hydrogen (secondary N) is 1. The van der Waals surface area contributed by atoms with Crippen LogP contribution in [0.1, 0.15) is 18.4 Å². The first-order valence-corrected chi connectivity index (χ1v) is 7.15. The molecule has 0 amide bonds. The molecule has 2 aliphatic heterocycles. The van der Waals surface area contributed by atoms with Crippen LogP contribution in [0.15, 0.2) is 46.8 Å². The molecular weight excluding hydrogens is 316 g/mol. The van der Waals surface area contributed by atoms with Crippen molar-refractivity contribution in [1.82, 2.24) is 5.32 Å². The lowest BCUT2D eigenvalue weighted by molar-refractivity contribution is -0.385. The van der Waals surface area contributed by atoms with Gasteiger partial charge in [0.25, 0.3) is 5.69 Å². The van der Waals surface area contributed by atoms with Gasteiger partial charge in [0, 0.05) is 17.3 Å². The summed E-state index contributed by atoms with van der Waals surface area (Å²) in [5.41, 5.74) is 1.41. The first-order chi connectivity index (χ1) is 11.5. The third kappa shape index (κ3) is 2.32. The summed E-state index contributed by atoms with van der Waals surface area (Å²) in [7, 11) is 1.22. The molecular formula is C16H14N2O6. The summed E-state index contributed by atoms with van der Waals surface area (Å²) in [4.78, 5) is 35.3. The Balaban J connectivity index is 2.26. The van der Waals surface area contributed by atoms with Crippen LogP contribution in [-0.4, -0.2) is 30.6 Å². The fourth-order valence-electron chi connectivity index (χ4n) is 3.06. The first kappa shape index (κ1) is 15.7. The highest BCUT2D eigenvalue weighted by atomic mass is 16.6. The summed E-state index contributed by atoms with van der Waals surface area (Å²) in [6, 6.07) is 6.01. The topological polar surface area (TPSA) is 108 Å². The van der Waals surface area contributed by atoms with Gasteiger partial charge >= 0.3 is 11.9 Å². The molecule has 1 aromatic rings. The summed E-state index contributed by atoms with van der Waals surface area (Å²) < 4.78 is 9.85. The fraction of sp³-hybridized carbons (Fsp3) is 0.250. The largest absolute Gasteiger partial charge is 0.466 e. The van der Waals surface area contributed by atoms with E-state index in [-0.39, 0.29) is 29.0 Å². The van der Waals surface area contributed by atoms with Gasteiger partial charge in [-0.2, -0.15) is 0 Å². The van der Waals surface area contributed by atoms with Gasteiger partial charge in [0.15, 0.2) is 0 Å². The van der Waals surface area contributed by atoms with Gasteiger partial charge in [-0.05, 0) is 6.92 Å². The predicted molar refractivity (Wildman–Crippen MR) is 81.7 cm³/mol. The Bertz CT molecular complexity index is 824. The molecule has 1 N–H and O–H groups in total. The van der Waals surface area contributed by atoms with Gasteiger partial charge in [-0.15, -0.1) is 0 Å². The zero-order valence-corrected chi connectivity index (χ0v) is 13.0. The molecule has 2 aliphatic rings. The lowest BCUT2D eigenvalue weighted by Gasteiger charge is -2.27. The van der Waals surface area contributed by atoms with Gasteiger partial charge in [-0.25, -0.2) is 9.59 Å². The van der Waals surface area contributed by atoms with E-state index in [4.69, 9.17) is 9.47 Å². The van der Waals surface area contributed by atoms with Crippen molar-refractivity contribution >= 4 is 17.6 Å². The second-order valence-electron chi connectivity index (χ2n) is 5.37. The monoisotopic (exact) mass is 330 g/mol. The van der Waals surface area contributed by atoms with Crippen molar-refractivity contribution in [1.29, 1.82) is 0 Å². The van der Waals surface area contributed by atoms with Crippen LogP contribution in [0, 0.1) is 10.1 Å². The number of cyclic esters (lactones) is 1. The van der Waals surface area contributed by atoms with Gasteiger partial charge in [0.2, 0.25) is 0 Å². The number of nitrogens with zero attached hydrogens (tertiary/aromatic N) is 1. The molecule has 3 rings (SSSR count). The first-order valence-electron chi connectivity index (χ1n) is 7.15. The van der Waals surface area contributed by atoms with E-state index in [1.165, 1.54) is 25.3 Å². The third-order valence-electron chi connectivity index (χ3n) is 4.06. The number of esters is 2. The van der Waals surface area contributed by atoms with E-state index >= 15 is 0 Å². The number of para-hydroxylation sites is 1. The summed E-state index contributed by atoms with van der Waals surface area (Å²) in [5.74, 6) is -2.17. The van der Waals surface area contributed by atoms with Gasteiger partial charge in [-0.1, -0.05) is 18.2 Å². The van der Waals surface area contributed by atoms with Crippen LogP contribution >= 0.6 is 0 Å². The van der Waals surface area contributed by atoms with Crippen LogP contribution in [0.2, 0.25) is 0 Å². The van der Waals surface area contributed by atoms with E-state index in [2.05, 4.69) is 5.32 Å². The Kier molecular flexibility index (Phi) is 3.80. The van der Waals surface area contributed by atoms with Gasteiger partial charge < -0.3 is 14.8 Å². The summed E-state index contributed by atoms with van der Waals surface area (Å²) in [6.45, 7) is 1.69. The lowest BCUT2D eigenvalue weighted by Crippen LogP contribution is -2.30. The van der Waals surface area contributed by atoms with E-state index < -0.39 is 22.8 Å². The molecule has 0 radical (unpaired) electrons. The molecule has 8 nitrogen and oxygen atoms in total. The van der Waals surface area contributed by atoms with Crippen LogP contribution in [-0.2, 0) is 19.1 Å². The SMILES string of the molecule is COC(=O)C1=C(C)NC2=C(C(=O)OC2)C1c1ccccc1[N+](=O)[O-]. The number of dihydropyridines is 1. The number of ether oxygens (including phenoxy) is 2. The Morgan fingerprint density at radius 3 is 2.79 bits per heavy atom. The van der Waals surface area contributed by atoms with E-state index in [0.717, 1.165) is 0 Å². The maximum Gasteiger partial charge on any atom is 0.337 e. The number of benzene rings is 1. The number of hydrogen-bond donors (Lipinski definition) is 1. The van der Waals surface area contributed by atoms with E-state index in [1.807, 2.05) is 0 Å². The summed E-state index contributed by atoms with van der Waals surface area (Å²) in [6.07, 6.45) is 0. The molecule has 0 aromatic heterocycles. The molecule has 8 heteroatoms. The molecule has 0 saturated heterocycles. The molecule has 1 unspecified atom stereocenters. The molecule has 0 bridgehead atoms. The number of methoxy groups -OCH3 is 1. The van der Waals surface area contributed by atoms with E-state index in [9.17, 15) is 19.7 Å². The Morgan fingerprint density at radius 2 is 2.12 bits per heavy atom. The number of rotatable bonds is 3. The van der Waals surface area contributed by atoms with Gasteiger partial charge in [0.1, 0.15) is 6.61 Å². The van der Waals surface area contributed by atoms with Crippen LogP contribution in [0.5, 0.6) is 0 Å². The number of nitro groups is 1. The van der Waals surface area contributed by atoms with Crippen molar-refractivity contribution in [3.8, 4) is 0 Å². The van der Waals surface area contributed by atoms with Crippen LogP contribution in [0.25, 0.3) is 0 Å². The van der Waals surface area contributed by atoms with Crippen molar-refractivity contribution in [2.24, 2.45) is 0 Å². The zero-order valence-electron chi connectivity index (χ0n) is 13.0.